The largest absolute Gasteiger partial charge is 0.497 e. The lowest BCUT2D eigenvalue weighted by Crippen LogP contribution is -2.51. The van der Waals surface area contributed by atoms with Crippen LogP contribution in [0.1, 0.15) is 73.8 Å². The molecular weight excluding hydrogens is 771 g/mol. The SMILES string of the molecule is COc1ccc([Si](C)(C)[C@H]2[C@H](CCn3cc(C(CO)c4ccccc4)nn3)O[C@@]3(C(=O)N(Cc4cccc(N5CCCCCCC5=O)c4)c4ccc(OC)cc43)[C@@H]2C)cc1. The molecule has 4 aromatic carbocycles. The Morgan fingerprint density at radius 3 is 2.40 bits per heavy atom. The van der Waals surface area contributed by atoms with Crippen LogP contribution in [0.25, 0.3) is 0 Å². The van der Waals surface area contributed by atoms with Gasteiger partial charge in [-0.25, -0.2) is 0 Å². The van der Waals surface area contributed by atoms with E-state index in [0.717, 1.165) is 59.5 Å². The molecule has 11 nitrogen and oxygen atoms in total. The van der Waals surface area contributed by atoms with Gasteiger partial charge in [0, 0.05) is 42.9 Å². The van der Waals surface area contributed by atoms with Gasteiger partial charge in [0.15, 0.2) is 5.60 Å². The van der Waals surface area contributed by atoms with Crippen molar-refractivity contribution in [2.45, 2.75) is 94.8 Å². The summed E-state index contributed by atoms with van der Waals surface area (Å²) >= 11 is 0. The maximum absolute atomic E-state index is 15.5. The first-order chi connectivity index (χ1) is 29.1. The normalized spacial score (nSPS) is 22.5. The number of aromatic nitrogens is 3. The number of methoxy groups -OCH3 is 2. The first-order valence-electron chi connectivity index (χ1n) is 21.4. The summed E-state index contributed by atoms with van der Waals surface area (Å²) in [5.74, 6) is 1.03. The molecule has 1 N–H and O–H groups in total. The number of aryl methyl sites for hydroxylation is 1. The number of ether oxygens (including phenoxy) is 3. The highest BCUT2D eigenvalue weighted by atomic mass is 28.3. The van der Waals surface area contributed by atoms with Crippen molar-refractivity contribution in [2.75, 3.05) is 37.2 Å². The van der Waals surface area contributed by atoms with Gasteiger partial charge in [0.2, 0.25) is 5.91 Å². The zero-order chi connectivity index (χ0) is 42.0. The molecule has 1 unspecified atom stereocenters. The van der Waals surface area contributed by atoms with E-state index in [1.165, 1.54) is 5.19 Å². The first-order valence-corrected chi connectivity index (χ1v) is 24.4. The summed E-state index contributed by atoms with van der Waals surface area (Å²) in [6, 6.07) is 32.2. The standard InChI is InChI=1S/C48H57N5O6Si/c1-33-46(60(4,5)39-22-19-37(57-2)20-23-39)44(25-27-51-31-42(49-50-51)40(32-54)35-15-9-8-10-16-35)59-48(33)41-29-38(58-3)21-24-43(41)53(47(48)56)30-34-14-13-17-36(28-34)52-26-12-7-6-11-18-45(52)55/h8-10,13-17,19-24,28-29,31,33,40,44,46,54H,6-7,11-12,18,25-27,30,32H2,1-5H3/t33-,40?,44+,46-,48+/m1/s1. The Morgan fingerprint density at radius 1 is 0.900 bits per heavy atom. The van der Waals surface area contributed by atoms with E-state index in [2.05, 4.69) is 48.5 Å². The van der Waals surface area contributed by atoms with Crippen molar-refractivity contribution in [1.82, 2.24) is 15.0 Å². The number of benzene rings is 4. The van der Waals surface area contributed by atoms with Gasteiger partial charge in [-0.3, -0.25) is 14.3 Å². The van der Waals surface area contributed by atoms with Gasteiger partial charge in [-0.05, 0) is 78.4 Å². The lowest BCUT2D eigenvalue weighted by Gasteiger charge is -2.37. The molecule has 2 saturated heterocycles. The predicted octanol–water partition coefficient (Wildman–Crippen LogP) is 7.57. The van der Waals surface area contributed by atoms with Gasteiger partial charge in [0.1, 0.15) is 11.5 Å². The van der Waals surface area contributed by atoms with E-state index >= 15 is 4.79 Å². The molecule has 0 saturated carbocycles. The molecule has 2 amide bonds. The fourth-order valence-corrected chi connectivity index (χ4v) is 14.2. The highest BCUT2D eigenvalue weighted by Crippen LogP contribution is 2.60. The van der Waals surface area contributed by atoms with Crippen molar-refractivity contribution in [3.8, 4) is 11.5 Å². The van der Waals surface area contributed by atoms with Crippen molar-refractivity contribution in [3.63, 3.8) is 0 Å². The molecule has 1 spiro atoms. The van der Waals surface area contributed by atoms with E-state index in [9.17, 15) is 9.90 Å². The van der Waals surface area contributed by atoms with E-state index in [1.807, 2.05) is 99.5 Å². The molecule has 12 heteroatoms. The topological polar surface area (TPSA) is 119 Å². The monoisotopic (exact) mass is 827 g/mol. The molecule has 60 heavy (non-hydrogen) atoms. The third kappa shape index (κ3) is 7.65. The number of aliphatic hydroxyl groups is 1. The van der Waals surface area contributed by atoms with Crippen LogP contribution >= 0.6 is 0 Å². The number of carbonyl (C=O) groups excluding carboxylic acids is 2. The van der Waals surface area contributed by atoms with Gasteiger partial charge >= 0.3 is 0 Å². The Hall–Kier alpha value is -5.30. The summed E-state index contributed by atoms with van der Waals surface area (Å²) in [5, 5.41) is 20.6. The molecule has 4 heterocycles. The molecule has 5 aromatic rings. The first kappa shape index (κ1) is 41.4. The molecule has 0 radical (unpaired) electrons. The highest BCUT2D eigenvalue weighted by Gasteiger charge is 2.66. The molecule has 314 valence electrons. The van der Waals surface area contributed by atoms with Crippen molar-refractivity contribution < 1.29 is 28.9 Å². The van der Waals surface area contributed by atoms with Crippen LogP contribution in [-0.2, 0) is 33.0 Å². The summed E-state index contributed by atoms with van der Waals surface area (Å²) in [7, 11) is 0.916. The molecule has 2 fully saturated rings. The summed E-state index contributed by atoms with van der Waals surface area (Å²) < 4.78 is 20.6. The highest BCUT2D eigenvalue weighted by molar-refractivity contribution is 6.91. The summed E-state index contributed by atoms with van der Waals surface area (Å²) in [5.41, 5.74) is 3.87. The van der Waals surface area contributed by atoms with E-state index < -0.39 is 13.7 Å². The van der Waals surface area contributed by atoms with Crippen molar-refractivity contribution in [2.24, 2.45) is 5.92 Å². The number of carbonyl (C=O) groups is 2. The zero-order valence-corrected chi connectivity index (χ0v) is 36.4. The lowest BCUT2D eigenvalue weighted by atomic mass is 9.82. The third-order valence-electron chi connectivity index (χ3n) is 13.4. The summed E-state index contributed by atoms with van der Waals surface area (Å²) in [6.07, 6.45) is 6.85. The number of fused-ring (bicyclic) bond motifs is 2. The van der Waals surface area contributed by atoms with Gasteiger partial charge < -0.3 is 29.1 Å². The number of hydrogen-bond donors (Lipinski definition) is 1. The summed E-state index contributed by atoms with van der Waals surface area (Å²) in [4.78, 5) is 32.6. The molecular formula is C48H57N5O6Si. The number of aliphatic hydroxyl groups excluding tert-OH is 1. The molecule has 8 rings (SSSR count). The molecule has 3 aliphatic rings. The predicted molar refractivity (Wildman–Crippen MR) is 236 cm³/mol. The average Bonchev–Trinajstić information content (AvgIpc) is 3.92. The van der Waals surface area contributed by atoms with E-state index in [1.54, 1.807) is 14.2 Å². The second-order valence-corrected chi connectivity index (χ2v) is 21.8. The van der Waals surface area contributed by atoms with Gasteiger partial charge in [0.25, 0.3) is 5.91 Å². The van der Waals surface area contributed by atoms with Crippen LogP contribution in [0.15, 0.2) is 103 Å². The average molecular weight is 828 g/mol. The van der Waals surface area contributed by atoms with Crippen LogP contribution in [0.5, 0.6) is 11.5 Å². The Kier molecular flexibility index (Phi) is 12.0. The second kappa shape index (κ2) is 17.4. The van der Waals surface area contributed by atoms with Crippen LogP contribution in [0.4, 0.5) is 11.4 Å². The molecule has 5 atom stereocenters. The Bertz CT molecular complexity index is 2300. The molecule has 0 bridgehead atoms. The molecule has 3 aliphatic heterocycles. The third-order valence-corrected chi connectivity index (χ3v) is 17.7. The number of anilines is 2. The number of hydrogen-bond acceptors (Lipinski definition) is 8. The number of rotatable bonds is 13. The zero-order valence-electron chi connectivity index (χ0n) is 35.4. The van der Waals surface area contributed by atoms with E-state index in [0.29, 0.717) is 43.9 Å². The van der Waals surface area contributed by atoms with Gasteiger partial charge in [0.05, 0.1) is 58.8 Å². The van der Waals surface area contributed by atoms with Crippen LogP contribution in [-0.4, -0.2) is 73.5 Å². The minimum absolute atomic E-state index is 0.0211. The smallest absolute Gasteiger partial charge is 0.264 e. The quantitative estimate of drug-likeness (QED) is 0.121. The minimum atomic E-state index is -2.41. The molecule has 1 aromatic heterocycles. The minimum Gasteiger partial charge on any atom is -0.497 e. The Balaban J connectivity index is 1.15. The lowest BCUT2D eigenvalue weighted by molar-refractivity contribution is -0.146. The Labute approximate surface area is 354 Å². The number of amides is 2. The van der Waals surface area contributed by atoms with Gasteiger partial charge in [-0.2, -0.15) is 0 Å². The summed E-state index contributed by atoms with van der Waals surface area (Å²) in [6.45, 7) is 8.42. The van der Waals surface area contributed by atoms with Crippen LogP contribution in [0.3, 0.4) is 0 Å². The van der Waals surface area contributed by atoms with E-state index in [4.69, 9.17) is 14.2 Å². The maximum atomic E-state index is 15.5. The van der Waals surface area contributed by atoms with Gasteiger partial charge in [-0.1, -0.05) is 97.9 Å². The van der Waals surface area contributed by atoms with Crippen molar-refractivity contribution in [3.05, 3.63) is 126 Å². The van der Waals surface area contributed by atoms with Crippen LogP contribution in [0.2, 0.25) is 18.6 Å². The van der Waals surface area contributed by atoms with E-state index in [-0.39, 0.29) is 41.9 Å². The van der Waals surface area contributed by atoms with Gasteiger partial charge in [-0.15, -0.1) is 5.10 Å². The fraction of sp³-hybridized carbons (Fsp3) is 0.417. The van der Waals surface area contributed by atoms with Crippen molar-refractivity contribution in [1.29, 1.82) is 0 Å². The Morgan fingerprint density at radius 2 is 1.65 bits per heavy atom. The second-order valence-electron chi connectivity index (χ2n) is 17.2. The van der Waals surface area contributed by atoms with Crippen LogP contribution in [0, 0.1) is 5.92 Å². The van der Waals surface area contributed by atoms with Crippen molar-refractivity contribution >= 4 is 36.4 Å². The van der Waals surface area contributed by atoms with Crippen LogP contribution < -0.4 is 24.5 Å². The molecule has 0 aliphatic carbocycles. The maximum Gasteiger partial charge on any atom is 0.264 e. The fourth-order valence-electron chi connectivity index (χ4n) is 10.2. The number of nitrogens with zero attached hydrogens (tertiary/aromatic N) is 5.